The van der Waals surface area contributed by atoms with Crippen LogP contribution in [0.15, 0.2) is 54.6 Å². The number of ether oxygens (including phenoxy) is 1. The van der Waals surface area contributed by atoms with Crippen LogP contribution in [0.3, 0.4) is 0 Å². The predicted octanol–water partition coefficient (Wildman–Crippen LogP) is 3.27. The van der Waals surface area contributed by atoms with Crippen molar-refractivity contribution in [1.82, 2.24) is 15.6 Å². The second-order valence-electron chi connectivity index (χ2n) is 7.80. The van der Waals surface area contributed by atoms with Crippen molar-refractivity contribution >= 4 is 34.5 Å². The first kappa shape index (κ1) is 28.8. The zero-order valence-corrected chi connectivity index (χ0v) is 20.3. The Balaban J connectivity index is 0.00000153. The number of benzene rings is 2. The molecule has 37 heavy (non-hydrogen) atoms. The molecule has 3 N–H and O–H groups in total. The van der Waals surface area contributed by atoms with Gasteiger partial charge in [0.25, 0.3) is 5.91 Å². The van der Waals surface area contributed by atoms with E-state index in [1.54, 1.807) is 18.2 Å². The highest BCUT2D eigenvalue weighted by atomic mass is 19.1. The maximum atomic E-state index is 13.6. The Morgan fingerprint density at radius 2 is 1.62 bits per heavy atom. The number of rotatable bonds is 10. The SMILES string of the molecule is CCC.O=C(O)CC(NC(=O)CNC(=O)c1ccc2ccccc2n1)C(=O)COc1c(F)cccc1F. The van der Waals surface area contributed by atoms with E-state index in [9.17, 15) is 28.0 Å². The molecule has 1 aromatic heterocycles. The van der Waals surface area contributed by atoms with Crippen molar-refractivity contribution in [2.24, 2.45) is 0 Å². The molecule has 0 saturated heterocycles. The number of aromatic nitrogens is 1. The quantitative estimate of drug-likeness (QED) is 0.377. The lowest BCUT2D eigenvalue weighted by molar-refractivity contribution is -0.140. The Bertz CT molecular complexity index is 1250. The summed E-state index contributed by atoms with van der Waals surface area (Å²) in [5.41, 5.74) is 0.642. The maximum Gasteiger partial charge on any atom is 0.305 e. The van der Waals surface area contributed by atoms with E-state index in [0.717, 1.165) is 23.6 Å². The number of amides is 2. The zero-order chi connectivity index (χ0) is 27.4. The van der Waals surface area contributed by atoms with Gasteiger partial charge in [-0.3, -0.25) is 19.2 Å². The van der Waals surface area contributed by atoms with E-state index in [1.165, 1.54) is 12.5 Å². The summed E-state index contributed by atoms with van der Waals surface area (Å²) in [5.74, 6) is -6.73. The molecule has 0 spiro atoms. The second kappa shape index (κ2) is 14.2. The molecular weight excluding hydrogens is 488 g/mol. The first-order chi connectivity index (χ1) is 17.7. The van der Waals surface area contributed by atoms with E-state index in [-0.39, 0.29) is 5.69 Å². The summed E-state index contributed by atoms with van der Waals surface area (Å²) in [6.45, 7) is 2.79. The highest BCUT2D eigenvalue weighted by Gasteiger charge is 2.25. The monoisotopic (exact) mass is 515 g/mol. The van der Waals surface area contributed by atoms with Crippen LogP contribution in [0.2, 0.25) is 0 Å². The number of ketones is 1. The summed E-state index contributed by atoms with van der Waals surface area (Å²) >= 11 is 0. The van der Waals surface area contributed by atoms with Gasteiger partial charge in [0.1, 0.15) is 18.3 Å². The molecule has 1 unspecified atom stereocenters. The molecule has 196 valence electrons. The number of nitrogens with one attached hydrogen (secondary N) is 2. The number of aliphatic carboxylic acids is 1. The van der Waals surface area contributed by atoms with E-state index in [4.69, 9.17) is 9.84 Å². The largest absolute Gasteiger partial charge is 0.481 e. The minimum absolute atomic E-state index is 0.0602. The second-order valence-corrected chi connectivity index (χ2v) is 7.80. The summed E-state index contributed by atoms with van der Waals surface area (Å²) in [5, 5.41) is 14.4. The van der Waals surface area contributed by atoms with Crippen LogP contribution in [0.25, 0.3) is 10.9 Å². The molecule has 2 amide bonds. The molecule has 9 nitrogen and oxygen atoms in total. The van der Waals surface area contributed by atoms with Crippen LogP contribution in [0.4, 0.5) is 8.78 Å². The molecule has 3 rings (SSSR count). The van der Waals surface area contributed by atoms with Gasteiger partial charge in [-0.2, -0.15) is 0 Å². The molecule has 0 saturated carbocycles. The van der Waals surface area contributed by atoms with E-state index in [0.29, 0.717) is 5.52 Å². The van der Waals surface area contributed by atoms with Crippen LogP contribution in [-0.2, 0) is 14.4 Å². The fraction of sp³-hybridized carbons (Fsp3) is 0.269. The number of carboxylic acids is 1. The number of para-hydroxylation sites is 2. The standard InChI is InChI=1S/C23H19F2N3O6.C3H8/c24-14-5-3-6-15(25)22(14)34-12-19(29)18(10-21(31)32)28-20(30)11-26-23(33)17-9-8-13-4-1-2-7-16(13)27-17;1-3-2/h1-9,18H,10-12H2,(H,26,33)(H,28,30)(H,31,32);3H2,1-2H3. The van der Waals surface area contributed by atoms with Gasteiger partial charge in [-0.05, 0) is 24.3 Å². The molecular formula is C26H27F2N3O6. The van der Waals surface area contributed by atoms with E-state index < -0.39 is 66.6 Å². The Hall–Kier alpha value is -4.41. The number of hydrogen-bond acceptors (Lipinski definition) is 6. The summed E-state index contributed by atoms with van der Waals surface area (Å²) in [6, 6.07) is 11.7. The highest BCUT2D eigenvalue weighted by molar-refractivity contribution is 5.98. The molecule has 2 aromatic carbocycles. The van der Waals surface area contributed by atoms with Gasteiger partial charge in [-0.1, -0.05) is 50.6 Å². The Morgan fingerprint density at radius 1 is 0.973 bits per heavy atom. The topological polar surface area (TPSA) is 135 Å². The molecule has 0 aliphatic carbocycles. The normalized spacial score (nSPS) is 11.0. The summed E-state index contributed by atoms with van der Waals surface area (Å²) in [6.07, 6.45) is 0.452. The molecule has 0 aliphatic heterocycles. The van der Waals surface area contributed by atoms with Crippen LogP contribution >= 0.6 is 0 Å². The van der Waals surface area contributed by atoms with Crippen molar-refractivity contribution < 1.29 is 37.8 Å². The van der Waals surface area contributed by atoms with Crippen molar-refractivity contribution in [2.45, 2.75) is 32.7 Å². The fourth-order valence-electron chi connectivity index (χ4n) is 2.97. The van der Waals surface area contributed by atoms with Gasteiger partial charge in [0.05, 0.1) is 18.5 Å². The molecule has 0 fully saturated rings. The average Bonchev–Trinajstić information content (AvgIpc) is 2.86. The van der Waals surface area contributed by atoms with E-state index >= 15 is 0 Å². The van der Waals surface area contributed by atoms with Crippen LogP contribution < -0.4 is 15.4 Å². The van der Waals surface area contributed by atoms with Crippen LogP contribution in [0.5, 0.6) is 5.75 Å². The molecule has 0 radical (unpaired) electrons. The number of Topliss-reactive ketones (excluding diaryl/α,β-unsaturated/α-hetero) is 1. The van der Waals surface area contributed by atoms with Gasteiger partial charge in [0.2, 0.25) is 5.91 Å². The Morgan fingerprint density at radius 3 is 2.27 bits per heavy atom. The van der Waals surface area contributed by atoms with E-state index in [1.807, 2.05) is 12.1 Å². The lowest BCUT2D eigenvalue weighted by Crippen LogP contribution is -2.47. The minimum atomic E-state index is -1.55. The number of carboxylic acid groups (broad SMARTS) is 1. The number of hydrogen-bond donors (Lipinski definition) is 3. The van der Waals surface area contributed by atoms with Crippen molar-refractivity contribution in [3.8, 4) is 5.75 Å². The van der Waals surface area contributed by atoms with Gasteiger partial charge in [-0.15, -0.1) is 0 Å². The lowest BCUT2D eigenvalue weighted by Gasteiger charge is -2.17. The Kier molecular flexibility index (Phi) is 11.1. The van der Waals surface area contributed by atoms with E-state index in [2.05, 4.69) is 29.5 Å². The smallest absolute Gasteiger partial charge is 0.305 e. The number of carbonyl (C=O) groups excluding carboxylic acids is 3. The third-order valence-corrected chi connectivity index (χ3v) is 4.62. The average molecular weight is 516 g/mol. The number of nitrogens with zero attached hydrogens (tertiary/aromatic N) is 1. The fourth-order valence-corrected chi connectivity index (χ4v) is 2.97. The zero-order valence-electron chi connectivity index (χ0n) is 20.3. The third kappa shape index (κ3) is 8.95. The van der Waals surface area contributed by atoms with Crippen molar-refractivity contribution in [2.75, 3.05) is 13.2 Å². The van der Waals surface area contributed by atoms with Crippen molar-refractivity contribution in [3.63, 3.8) is 0 Å². The number of pyridine rings is 1. The first-order valence-electron chi connectivity index (χ1n) is 11.4. The predicted molar refractivity (Wildman–Crippen MR) is 131 cm³/mol. The first-order valence-corrected chi connectivity index (χ1v) is 11.4. The van der Waals surface area contributed by atoms with Gasteiger partial charge in [0.15, 0.2) is 23.2 Å². The van der Waals surface area contributed by atoms with Gasteiger partial charge >= 0.3 is 5.97 Å². The van der Waals surface area contributed by atoms with Crippen LogP contribution in [-0.4, -0.2) is 52.9 Å². The summed E-state index contributed by atoms with van der Waals surface area (Å²) < 4.78 is 32.1. The van der Waals surface area contributed by atoms with Gasteiger partial charge in [0, 0.05) is 5.39 Å². The minimum Gasteiger partial charge on any atom is -0.481 e. The Labute approximate surface area is 211 Å². The third-order valence-electron chi connectivity index (χ3n) is 4.62. The maximum absolute atomic E-state index is 13.6. The number of halogens is 2. The molecule has 1 heterocycles. The van der Waals surface area contributed by atoms with Gasteiger partial charge < -0.3 is 20.5 Å². The molecule has 11 heteroatoms. The summed E-state index contributed by atoms with van der Waals surface area (Å²) in [4.78, 5) is 52.2. The molecule has 3 aromatic rings. The molecule has 0 bridgehead atoms. The highest BCUT2D eigenvalue weighted by Crippen LogP contribution is 2.20. The number of fused-ring (bicyclic) bond motifs is 1. The van der Waals surface area contributed by atoms with Crippen LogP contribution in [0, 0.1) is 11.6 Å². The van der Waals surface area contributed by atoms with Crippen LogP contribution in [0.1, 0.15) is 37.2 Å². The van der Waals surface area contributed by atoms with Gasteiger partial charge in [-0.25, -0.2) is 13.8 Å². The van der Waals surface area contributed by atoms with Crippen molar-refractivity contribution in [3.05, 3.63) is 71.9 Å². The summed E-state index contributed by atoms with van der Waals surface area (Å²) in [7, 11) is 0. The molecule has 1 atom stereocenters. The van der Waals surface area contributed by atoms with Crippen molar-refractivity contribution in [1.29, 1.82) is 0 Å². The molecule has 0 aliphatic rings. The number of carbonyl (C=O) groups is 4. The lowest BCUT2D eigenvalue weighted by atomic mass is 10.1.